The van der Waals surface area contributed by atoms with E-state index in [1.165, 1.54) is 16.3 Å². The maximum Gasteiger partial charge on any atom is 0.310 e. The topological polar surface area (TPSA) is 95.6 Å². The molecule has 2 saturated heterocycles. The lowest BCUT2D eigenvalue weighted by Gasteiger charge is -2.35. The standard InChI is InChI=1S/C24H30N4O4S2/c1-6-32-23(31)16-8-7-9-27(13-16)20-17(15(4)18(11-25)21(29)26(20)5)10-19-22(30)28(12-14(2)3)24(33)34-19/h10,14,16H,6-9,12-13H2,1-5H3. The number of carbonyl (C=O) groups is 2. The maximum atomic E-state index is 13.1. The van der Waals surface area contributed by atoms with E-state index < -0.39 is 5.56 Å². The van der Waals surface area contributed by atoms with Gasteiger partial charge in [0.1, 0.15) is 21.8 Å². The van der Waals surface area contributed by atoms with Crippen LogP contribution in [0.15, 0.2) is 9.70 Å². The lowest BCUT2D eigenvalue weighted by molar-refractivity contribution is -0.148. The Labute approximate surface area is 209 Å². The summed E-state index contributed by atoms with van der Waals surface area (Å²) in [5.74, 6) is 0.111. The van der Waals surface area contributed by atoms with E-state index in [-0.39, 0.29) is 29.3 Å². The fraction of sp³-hybridized carbons (Fsp3) is 0.542. The molecule has 0 aromatic carbocycles. The van der Waals surface area contributed by atoms with Crippen molar-refractivity contribution in [1.29, 1.82) is 5.26 Å². The number of nitriles is 1. The second kappa shape index (κ2) is 10.7. The van der Waals surface area contributed by atoms with Crippen LogP contribution in [-0.4, -0.2) is 51.9 Å². The Balaban J connectivity index is 2.12. The molecular weight excluding hydrogens is 472 g/mol. The van der Waals surface area contributed by atoms with Crippen molar-refractivity contribution in [2.45, 2.75) is 40.5 Å². The molecule has 10 heteroatoms. The number of ether oxygens (including phenoxy) is 1. The van der Waals surface area contributed by atoms with E-state index in [9.17, 15) is 19.6 Å². The number of thiocarbonyl (C=S) groups is 1. The van der Waals surface area contributed by atoms with Gasteiger partial charge in [0.05, 0.1) is 17.4 Å². The monoisotopic (exact) mass is 502 g/mol. The fourth-order valence-electron chi connectivity index (χ4n) is 4.37. The van der Waals surface area contributed by atoms with Crippen molar-refractivity contribution in [3.05, 3.63) is 31.9 Å². The van der Waals surface area contributed by atoms with Crippen molar-refractivity contribution >= 4 is 52.1 Å². The predicted molar refractivity (Wildman–Crippen MR) is 137 cm³/mol. The molecule has 1 aromatic rings. The number of pyridine rings is 1. The minimum absolute atomic E-state index is 0.0362. The highest BCUT2D eigenvalue weighted by atomic mass is 32.2. The van der Waals surface area contributed by atoms with Gasteiger partial charge in [0, 0.05) is 32.2 Å². The van der Waals surface area contributed by atoms with Gasteiger partial charge in [0.15, 0.2) is 0 Å². The fourth-order valence-corrected chi connectivity index (χ4v) is 5.63. The predicted octanol–water partition coefficient (Wildman–Crippen LogP) is 3.20. The number of hydrogen-bond donors (Lipinski definition) is 0. The van der Waals surface area contributed by atoms with Crippen LogP contribution in [0.3, 0.4) is 0 Å². The second-order valence-corrected chi connectivity index (χ2v) is 10.6. The Hall–Kier alpha value is -2.64. The van der Waals surface area contributed by atoms with Crippen molar-refractivity contribution in [3.63, 3.8) is 0 Å². The van der Waals surface area contributed by atoms with Crippen LogP contribution in [0.25, 0.3) is 6.08 Å². The van der Waals surface area contributed by atoms with Crippen LogP contribution < -0.4 is 10.5 Å². The molecule has 182 valence electrons. The highest BCUT2D eigenvalue weighted by molar-refractivity contribution is 8.26. The first kappa shape index (κ1) is 26.0. The summed E-state index contributed by atoms with van der Waals surface area (Å²) in [5, 5.41) is 9.66. The third-order valence-corrected chi connectivity index (χ3v) is 7.38. The van der Waals surface area contributed by atoms with Crippen LogP contribution in [0.1, 0.15) is 50.3 Å². The summed E-state index contributed by atoms with van der Waals surface area (Å²) in [5.41, 5.74) is 0.757. The minimum atomic E-state index is -0.405. The number of rotatable bonds is 6. The zero-order valence-corrected chi connectivity index (χ0v) is 21.8. The van der Waals surface area contributed by atoms with Crippen LogP contribution in [-0.2, 0) is 21.4 Å². The van der Waals surface area contributed by atoms with Gasteiger partial charge in [0.25, 0.3) is 11.5 Å². The summed E-state index contributed by atoms with van der Waals surface area (Å²) < 4.78 is 7.17. The first-order valence-corrected chi connectivity index (χ1v) is 12.6. The van der Waals surface area contributed by atoms with E-state index in [2.05, 4.69) is 0 Å². The third kappa shape index (κ3) is 5.05. The Kier molecular flexibility index (Phi) is 8.21. The van der Waals surface area contributed by atoms with Crippen LogP contribution in [0, 0.1) is 30.1 Å². The molecule has 1 unspecified atom stereocenters. The Morgan fingerprint density at radius 3 is 2.71 bits per heavy atom. The first-order valence-electron chi connectivity index (χ1n) is 11.4. The quantitative estimate of drug-likeness (QED) is 0.332. The molecule has 8 nitrogen and oxygen atoms in total. The highest BCUT2D eigenvalue weighted by Crippen LogP contribution is 2.37. The van der Waals surface area contributed by atoms with Crippen LogP contribution in [0.4, 0.5) is 5.82 Å². The summed E-state index contributed by atoms with van der Waals surface area (Å²) >= 11 is 6.67. The van der Waals surface area contributed by atoms with Gasteiger partial charge < -0.3 is 9.64 Å². The molecule has 2 aliphatic rings. The normalized spacial score (nSPS) is 19.8. The molecule has 2 aliphatic heterocycles. The molecule has 2 fully saturated rings. The summed E-state index contributed by atoms with van der Waals surface area (Å²) in [6, 6.07) is 2.02. The summed E-state index contributed by atoms with van der Waals surface area (Å²) in [7, 11) is 1.62. The molecular formula is C24H30N4O4S2. The lowest BCUT2D eigenvalue weighted by atomic mass is 9.96. The Morgan fingerprint density at radius 1 is 1.38 bits per heavy atom. The summed E-state index contributed by atoms with van der Waals surface area (Å²) in [6.07, 6.45) is 3.20. The molecule has 1 amide bonds. The van der Waals surface area contributed by atoms with E-state index in [0.29, 0.717) is 58.8 Å². The van der Waals surface area contributed by atoms with E-state index in [4.69, 9.17) is 17.0 Å². The number of carbonyl (C=O) groups excluding carboxylic acids is 2. The van der Waals surface area contributed by atoms with Crippen molar-refractivity contribution in [2.75, 3.05) is 31.1 Å². The van der Waals surface area contributed by atoms with Gasteiger partial charge in [-0.15, -0.1) is 0 Å². The van der Waals surface area contributed by atoms with Crippen molar-refractivity contribution in [1.82, 2.24) is 9.47 Å². The number of thioether (sulfide) groups is 1. The molecule has 0 spiro atoms. The maximum absolute atomic E-state index is 13.1. The highest BCUT2D eigenvalue weighted by Gasteiger charge is 2.34. The molecule has 3 rings (SSSR count). The molecule has 1 aromatic heterocycles. The molecule has 0 aliphatic carbocycles. The number of hydrogen-bond acceptors (Lipinski definition) is 8. The minimum Gasteiger partial charge on any atom is -0.466 e. The number of nitrogens with zero attached hydrogens (tertiary/aromatic N) is 4. The average molecular weight is 503 g/mol. The van der Waals surface area contributed by atoms with Gasteiger partial charge in [0.2, 0.25) is 0 Å². The SMILES string of the molecule is CCOC(=O)C1CCCN(c2c(C=C3SC(=S)N(CC(C)C)C3=O)c(C)c(C#N)c(=O)n2C)C1. The number of esters is 1. The molecule has 0 radical (unpaired) electrons. The molecule has 0 N–H and O–H groups in total. The van der Waals surface area contributed by atoms with Gasteiger partial charge in [-0.2, -0.15) is 5.26 Å². The van der Waals surface area contributed by atoms with Crippen molar-refractivity contribution < 1.29 is 14.3 Å². The average Bonchev–Trinajstić information content (AvgIpc) is 3.05. The largest absolute Gasteiger partial charge is 0.466 e. The first-order chi connectivity index (χ1) is 16.1. The second-order valence-electron chi connectivity index (χ2n) is 8.94. The molecule has 3 heterocycles. The van der Waals surface area contributed by atoms with Gasteiger partial charge in [-0.3, -0.25) is 23.9 Å². The third-order valence-electron chi connectivity index (χ3n) is 6.01. The van der Waals surface area contributed by atoms with Gasteiger partial charge in [-0.05, 0) is 44.2 Å². The van der Waals surface area contributed by atoms with Gasteiger partial charge in [-0.25, -0.2) is 0 Å². The van der Waals surface area contributed by atoms with E-state index in [0.717, 1.165) is 6.42 Å². The van der Waals surface area contributed by atoms with E-state index >= 15 is 0 Å². The van der Waals surface area contributed by atoms with Crippen LogP contribution >= 0.6 is 24.0 Å². The molecule has 1 atom stereocenters. The van der Waals surface area contributed by atoms with E-state index in [1.54, 1.807) is 31.9 Å². The van der Waals surface area contributed by atoms with Crippen LogP contribution in [0.5, 0.6) is 0 Å². The summed E-state index contributed by atoms with van der Waals surface area (Å²) in [6.45, 7) is 9.41. The summed E-state index contributed by atoms with van der Waals surface area (Å²) in [4.78, 5) is 42.6. The Morgan fingerprint density at radius 2 is 2.09 bits per heavy atom. The number of piperidine rings is 1. The molecule has 0 saturated carbocycles. The lowest BCUT2D eigenvalue weighted by Crippen LogP contribution is -2.42. The smallest absolute Gasteiger partial charge is 0.310 e. The Bertz CT molecular complexity index is 1150. The van der Waals surface area contributed by atoms with Crippen molar-refractivity contribution in [2.24, 2.45) is 18.9 Å². The van der Waals surface area contributed by atoms with E-state index in [1.807, 2.05) is 24.8 Å². The van der Waals surface area contributed by atoms with Gasteiger partial charge >= 0.3 is 5.97 Å². The molecule has 34 heavy (non-hydrogen) atoms. The zero-order valence-electron chi connectivity index (χ0n) is 20.2. The number of anilines is 1. The molecule has 0 bridgehead atoms. The van der Waals surface area contributed by atoms with Crippen molar-refractivity contribution in [3.8, 4) is 6.07 Å². The van der Waals surface area contributed by atoms with Gasteiger partial charge in [-0.1, -0.05) is 37.8 Å². The van der Waals surface area contributed by atoms with Crippen LogP contribution in [0.2, 0.25) is 0 Å². The number of amides is 1. The zero-order chi connectivity index (χ0) is 25.2. The number of aromatic nitrogens is 1.